The van der Waals surface area contributed by atoms with Gasteiger partial charge in [-0.3, -0.25) is 4.79 Å². The molecule has 0 unspecified atom stereocenters. The first-order valence-electron chi connectivity index (χ1n) is 4.63. The first-order chi connectivity index (χ1) is 6.25. The van der Waals surface area contributed by atoms with Gasteiger partial charge in [-0.25, -0.2) is 0 Å². The van der Waals surface area contributed by atoms with E-state index in [0.717, 1.165) is 11.3 Å². The molecule has 2 heteroatoms. The normalized spacial score (nSPS) is 15.5. The highest BCUT2D eigenvalue weighted by molar-refractivity contribution is 5.94. The summed E-state index contributed by atoms with van der Waals surface area (Å²) in [6.45, 7) is 1.59. The van der Waals surface area contributed by atoms with Gasteiger partial charge in [-0.15, -0.1) is 0 Å². The number of nitrogens with one attached hydrogen (secondary N) is 1. The van der Waals surface area contributed by atoms with E-state index in [1.165, 1.54) is 12.8 Å². The number of hydrogen-bond acceptors (Lipinski definition) is 2. The second-order valence-electron chi connectivity index (χ2n) is 3.55. The van der Waals surface area contributed by atoms with Gasteiger partial charge in [0.2, 0.25) is 0 Å². The van der Waals surface area contributed by atoms with E-state index in [4.69, 9.17) is 0 Å². The minimum Gasteiger partial charge on any atom is -0.382 e. The van der Waals surface area contributed by atoms with Crippen LogP contribution in [-0.4, -0.2) is 11.8 Å². The molecule has 0 aromatic heterocycles. The second-order valence-corrected chi connectivity index (χ2v) is 3.55. The predicted octanol–water partition coefficient (Wildman–Crippen LogP) is 2.46. The minimum absolute atomic E-state index is 0.123. The van der Waals surface area contributed by atoms with Crippen molar-refractivity contribution in [3.63, 3.8) is 0 Å². The number of rotatable bonds is 3. The molecule has 0 spiro atoms. The smallest absolute Gasteiger partial charge is 0.159 e. The molecule has 0 saturated heterocycles. The third-order valence-electron chi connectivity index (χ3n) is 2.24. The molecule has 68 valence electrons. The van der Waals surface area contributed by atoms with Crippen molar-refractivity contribution in [1.29, 1.82) is 0 Å². The van der Waals surface area contributed by atoms with Crippen LogP contribution in [0.4, 0.5) is 5.69 Å². The molecule has 13 heavy (non-hydrogen) atoms. The van der Waals surface area contributed by atoms with Crippen LogP contribution in [0.25, 0.3) is 0 Å². The fourth-order valence-corrected chi connectivity index (χ4v) is 1.26. The summed E-state index contributed by atoms with van der Waals surface area (Å²) in [6, 6.07) is 8.34. The molecular weight excluding hydrogens is 162 g/mol. The van der Waals surface area contributed by atoms with E-state index in [2.05, 4.69) is 5.32 Å². The van der Waals surface area contributed by atoms with E-state index in [1.807, 2.05) is 24.3 Å². The molecule has 1 aromatic rings. The zero-order valence-electron chi connectivity index (χ0n) is 7.71. The largest absolute Gasteiger partial charge is 0.382 e. The Morgan fingerprint density at radius 2 is 1.92 bits per heavy atom. The molecule has 1 N–H and O–H groups in total. The third-order valence-corrected chi connectivity index (χ3v) is 2.24. The standard InChI is InChI=1S/C11H13NO/c1-8(13)9-2-4-10(5-3-9)12-11-6-7-11/h2-5,11-12H,6-7H2,1H3. The first-order valence-corrected chi connectivity index (χ1v) is 4.63. The van der Waals surface area contributed by atoms with E-state index < -0.39 is 0 Å². The number of ketones is 1. The van der Waals surface area contributed by atoms with Crippen molar-refractivity contribution in [2.45, 2.75) is 25.8 Å². The molecule has 2 nitrogen and oxygen atoms in total. The van der Waals surface area contributed by atoms with E-state index in [9.17, 15) is 4.79 Å². The number of hydrogen-bond donors (Lipinski definition) is 1. The Morgan fingerprint density at radius 3 is 2.38 bits per heavy atom. The molecule has 0 atom stereocenters. The summed E-state index contributed by atoms with van der Waals surface area (Å²) < 4.78 is 0. The van der Waals surface area contributed by atoms with Crippen molar-refractivity contribution in [3.05, 3.63) is 29.8 Å². The first kappa shape index (κ1) is 8.30. The summed E-state index contributed by atoms with van der Waals surface area (Å²) in [5, 5.41) is 3.37. The van der Waals surface area contributed by atoms with Crippen LogP contribution >= 0.6 is 0 Å². The fraction of sp³-hybridized carbons (Fsp3) is 0.364. The third kappa shape index (κ3) is 2.08. The highest BCUT2D eigenvalue weighted by atomic mass is 16.1. The van der Waals surface area contributed by atoms with Crippen molar-refractivity contribution >= 4 is 11.5 Å². The molecule has 1 aliphatic rings. The van der Waals surface area contributed by atoms with E-state index in [-0.39, 0.29) is 5.78 Å². The summed E-state index contributed by atoms with van der Waals surface area (Å²) in [4.78, 5) is 11.0. The van der Waals surface area contributed by atoms with E-state index in [0.29, 0.717) is 6.04 Å². The monoisotopic (exact) mass is 175 g/mol. The van der Waals surface area contributed by atoms with Crippen LogP contribution in [0.2, 0.25) is 0 Å². The molecular formula is C11H13NO. The molecule has 0 radical (unpaired) electrons. The molecule has 0 aliphatic heterocycles. The molecule has 1 fully saturated rings. The molecule has 1 saturated carbocycles. The SMILES string of the molecule is CC(=O)c1ccc(NC2CC2)cc1. The Hall–Kier alpha value is -1.31. The number of Topliss-reactive ketones (excluding diaryl/α,β-unsaturated/α-hetero) is 1. The number of carbonyl (C=O) groups is 1. The Bertz CT molecular complexity index is 311. The van der Waals surface area contributed by atoms with E-state index in [1.54, 1.807) is 6.92 Å². The van der Waals surface area contributed by atoms with Gasteiger partial charge in [0.15, 0.2) is 5.78 Å². The van der Waals surface area contributed by atoms with Crippen LogP contribution in [0.5, 0.6) is 0 Å². The van der Waals surface area contributed by atoms with Gasteiger partial charge >= 0.3 is 0 Å². The van der Waals surface area contributed by atoms with Crippen LogP contribution < -0.4 is 5.32 Å². The van der Waals surface area contributed by atoms with Gasteiger partial charge in [0.1, 0.15) is 0 Å². The lowest BCUT2D eigenvalue weighted by atomic mass is 10.1. The van der Waals surface area contributed by atoms with Gasteiger partial charge in [-0.1, -0.05) is 0 Å². The molecule has 0 bridgehead atoms. The van der Waals surface area contributed by atoms with Crippen LogP contribution in [-0.2, 0) is 0 Å². The Labute approximate surface area is 78.0 Å². The Balaban J connectivity index is 2.08. The number of benzene rings is 1. The summed E-state index contributed by atoms with van der Waals surface area (Å²) in [5.74, 6) is 0.123. The topological polar surface area (TPSA) is 29.1 Å². The predicted molar refractivity (Wildman–Crippen MR) is 53.1 cm³/mol. The maximum atomic E-state index is 11.0. The molecule has 1 aromatic carbocycles. The lowest BCUT2D eigenvalue weighted by Gasteiger charge is -2.03. The van der Waals surface area contributed by atoms with Gasteiger partial charge < -0.3 is 5.32 Å². The average molecular weight is 175 g/mol. The summed E-state index contributed by atoms with van der Waals surface area (Å²) in [6.07, 6.45) is 2.54. The highest BCUT2D eigenvalue weighted by Gasteiger charge is 2.20. The highest BCUT2D eigenvalue weighted by Crippen LogP contribution is 2.24. The van der Waals surface area contributed by atoms with Crippen LogP contribution in [0.15, 0.2) is 24.3 Å². The van der Waals surface area contributed by atoms with Crippen LogP contribution in [0.1, 0.15) is 30.1 Å². The lowest BCUT2D eigenvalue weighted by Crippen LogP contribution is -2.01. The van der Waals surface area contributed by atoms with Gasteiger partial charge in [0, 0.05) is 17.3 Å². The van der Waals surface area contributed by atoms with Crippen molar-refractivity contribution in [1.82, 2.24) is 0 Å². The summed E-state index contributed by atoms with van der Waals surface area (Å²) in [7, 11) is 0. The quantitative estimate of drug-likeness (QED) is 0.715. The van der Waals surface area contributed by atoms with Gasteiger partial charge in [-0.2, -0.15) is 0 Å². The van der Waals surface area contributed by atoms with Crippen molar-refractivity contribution in [3.8, 4) is 0 Å². The molecule has 0 amide bonds. The Morgan fingerprint density at radius 1 is 1.31 bits per heavy atom. The zero-order chi connectivity index (χ0) is 9.26. The summed E-state index contributed by atoms with van der Waals surface area (Å²) in [5.41, 5.74) is 1.90. The molecule has 1 aliphatic carbocycles. The molecule has 0 heterocycles. The number of carbonyl (C=O) groups excluding carboxylic acids is 1. The van der Waals surface area contributed by atoms with Crippen molar-refractivity contribution in [2.24, 2.45) is 0 Å². The van der Waals surface area contributed by atoms with E-state index >= 15 is 0 Å². The minimum atomic E-state index is 0.123. The van der Waals surface area contributed by atoms with Crippen LogP contribution in [0.3, 0.4) is 0 Å². The van der Waals surface area contributed by atoms with Gasteiger partial charge in [0.25, 0.3) is 0 Å². The van der Waals surface area contributed by atoms with Crippen molar-refractivity contribution < 1.29 is 4.79 Å². The summed E-state index contributed by atoms with van der Waals surface area (Å²) >= 11 is 0. The molecule has 2 rings (SSSR count). The second kappa shape index (κ2) is 3.21. The van der Waals surface area contributed by atoms with Crippen molar-refractivity contribution in [2.75, 3.05) is 5.32 Å². The maximum Gasteiger partial charge on any atom is 0.159 e. The lowest BCUT2D eigenvalue weighted by molar-refractivity contribution is 0.101. The Kier molecular flexibility index (Phi) is 2.05. The maximum absolute atomic E-state index is 11.0. The van der Waals surface area contributed by atoms with Crippen LogP contribution in [0, 0.1) is 0 Å². The van der Waals surface area contributed by atoms with Gasteiger partial charge in [0.05, 0.1) is 0 Å². The average Bonchev–Trinajstić information content (AvgIpc) is 2.89. The van der Waals surface area contributed by atoms with Gasteiger partial charge in [-0.05, 0) is 44.0 Å². The zero-order valence-corrected chi connectivity index (χ0v) is 7.71. The number of anilines is 1. The fourth-order valence-electron chi connectivity index (χ4n) is 1.26.